The predicted octanol–water partition coefficient (Wildman–Crippen LogP) is 6.11. The van der Waals surface area contributed by atoms with Gasteiger partial charge in [0, 0.05) is 15.6 Å². The highest BCUT2D eigenvalue weighted by Gasteiger charge is 2.54. The Hall–Kier alpha value is -1.11. The molecule has 0 saturated carbocycles. The van der Waals surface area contributed by atoms with Crippen molar-refractivity contribution >= 4 is 41.0 Å². The summed E-state index contributed by atoms with van der Waals surface area (Å²) in [6, 6.07) is 6.74. The first kappa shape index (κ1) is 31.1. The minimum absolute atomic E-state index is 0.0460. The molecule has 8 nitrogen and oxygen atoms in total. The molecule has 2 rings (SSSR count). The fourth-order valence-corrected chi connectivity index (χ4v) is 7.48. The molecule has 2 aromatic rings. The number of halogens is 5. The molecule has 0 aliphatic carbocycles. The van der Waals surface area contributed by atoms with E-state index in [0.717, 1.165) is 36.4 Å². The lowest BCUT2D eigenvalue weighted by Gasteiger charge is -2.26. The van der Waals surface area contributed by atoms with E-state index in [0.29, 0.717) is 6.07 Å². The smallest absolute Gasteiger partial charge is 0.320 e. The van der Waals surface area contributed by atoms with Gasteiger partial charge in [-0.3, -0.25) is 9.13 Å². The van der Waals surface area contributed by atoms with Gasteiger partial charge in [0.25, 0.3) is 0 Å². The van der Waals surface area contributed by atoms with Crippen LogP contribution in [0.15, 0.2) is 46.9 Å². The fraction of sp³-hybridized carbons (Fsp3) is 0.400. The first-order valence-electron chi connectivity index (χ1n) is 10.2. The third-order valence-electron chi connectivity index (χ3n) is 4.74. The van der Waals surface area contributed by atoms with Crippen LogP contribution in [0.2, 0.25) is 0 Å². The highest BCUT2D eigenvalue weighted by molar-refractivity contribution is 9.10. The summed E-state index contributed by atoms with van der Waals surface area (Å²) in [5, 5.41) is 0. The molecular formula is C20H23BrF4O8P2S. The van der Waals surface area contributed by atoms with Gasteiger partial charge < -0.3 is 18.8 Å². The predicted molar refractivity (Wildman–Crippen MR) is 128 cm³/mol. The van der Waals surface area contributed by atoms with E-state index in [4.69, 9.17) is 18.8 Å². The van der Waals surface area contributed by atoms with Crippen molar-refractivity contribution in [3.8, 4) is 0 Å². The summed E-state index contributed by atoms with van der Waals surface area (Å²) >= 11 is 2.78. The SMILES string of the molecule is CCOP(=O)(OCC)C(F)(F)c1ccc(CS(=O)(=O)Cc2ccc(C(F)(F)P(=O)(O)O)c(Br)c2)cc1. The zero-order chi connectivity index (χ0) is 27.6. The molecule has 0 aromatic heterocycles. The second kappa shape index (κ2) is 11.3. The lowest BCUT2D eigenvalue weighted by Crippen LogP contribution is -2.18. The Morgan fingerprint density at radius 2 is 1.33 bits per heavy atom. The van der Waals surface area contributed by atoms with Crippen molar-refractivity contribution < 1.29 is 53.9 Å². The van der Waals surface area contributed by atoms with E-state index < -0.39 is 63.5 Å². The van der Waals surface area contributed by atoms with Gasteiger partial charge in [0.2, 0.25) is 0 Å². The monoisotopic (exact) mass is 640 g/mol. The number of benzene rings is 2. The Bertz CT molecular complexity index is 1270. The first-order valence-corrected chi connectivity index (χ1v) is 16.0. The van der Waals surface area contributed by atoms with Crippen LogP contribution in [-0.2, 0) is 50.8 Å². The second-order valence-electron chi connectivity index (χ2n) is 7.50. The van der Waals surface area contributed by atoms with Crippen molar-refractivity contribution in [3.63, 3.8) is 0 Å². The third kappa shape index (κ3) is 6.85. The van der Waals surface area contributed by atoms with Gasteiger partial charge in [0.1, 0.15) is 0 Å². The molecule has 0 aliphatic heterocycles. The number of hydrogen-bond donors (Lipinski definition) is 2. The van der Waals surface area contributed by atoms with Crippen LogP contribution >= 0.6 is 31.1 Å². The Morgan fingerprint density at radius 1 is 0.861 bits per heavy atom. The molecule has 202 valence electrons. The number of hydrogen-bond acceptors (Lipinski definition) is 6. The largest absolute Gasteiger partial charge is 0.404 e. The van der Waals surface area contributed by atoms with E-state index in [-0.39, 0.29) is 24.3 Å². The van der Waals surface area contributed by atoms with Gasteiger partial charge in [-0.25, -0.2) is 8.42 Å². The molecule has 0 unspecified atom stereocenters. The van der Waals surface area contributed by atoms with E-state index in [1.807, 2.05) is 0 Å². The van der Waals surface area contributed by atoms with Gasteiger partial charge in [-0.15, -0.1) is 0 Å². The van der Waals surface area contributed by atoms with Crippen LogP contribution in [0.4, 0.5) is 17.6 Å². The maximum Gasteiger partial charge on any atom is 0.404 e. The lowest BCUT2D eigenvalue weighted by molar-refractivity contribution is 0.0360. The molecule has 0 spiro atoms. The van der Waals surface area contributed by atoms with E-state index in [1.165, 1.54) is 13.8 Å². The summed E-state index contributed by atoms with van der Waals surface area (Å²) in [6.45, 7) is 2.20. The van der Waals surface area contributed by atoms with Crippen molar-refractivity contribution in [1.82, 2.24) is 0 Å². The molecule has 0 fully saturated rings. The standard InChI is InChI=1S/C20H23BrF4O8P2S/c1-3-32-35(29,33-4-2)19(22,23)16-8-5-14(6-9-16)12-36(30,31)13-15-7-10-17(18(21)11-15)20(24,25)34(26,27)28/h5-11H,3-4,12-13H2,1-2H3,(H2,26,27,28). The van der Waals surface area contributed by atoms with Gasteiger partial charge in [0.15, 0.2) is 9.84 Å². The molecule has 0 aliphatic rings. The molecule has 0 heterocycles. The topological polar surface area (TPSA) is 127 Å². The van der Waals surface area contributed by atoms with Gasteiger partial charge in [-0.05, 0) is 31.0 Å². The zero-order valence-corrected chi connectivity index (χ0v) is 23.1. The molecular weight excluding hydrogens is 618 g/mol. The number of sulfone groups is 1. The van der Waals surface area contributed by atoms with Crippen LogP contribution in [0.5, 0.6) is 0 Å². The maximum absolute atomic E-state index is 14.8. The van der Waals surface area contributed by atoms with E-state index in [2.05, 4.69) is 15.9 Å². The summed E-state index contributed by atoms with van der Waals surface area (Å²) in [5.74, 6) is -1.22. The third-order valence-corrected chi connectivity index (χ3v) is 10.1. The zero-order valence-electron chi connectivity index (χ0n) is 18.9. The average molecular weight is 641 g/mol. The van der Waals surface area contributed by atoms with E-state index in [1.54, 1.807) is 0 Å². The summed E-state index contributed by atoms with van der Waals surface area (Å²) in [6.07, 6.45) is 0. The van der Waals surface area contributed by atoms with Crippen molar-refractivity contribution in [2.75, 3.05) is 13.2 Å². The minimum Gasteiger partial charge on any atom is -0.320 e. The lowest BCUT2D eigenvalue weighted by atomic mass is 10.1. The Balaban J connectivity index is 2.23. The highest BCUT2D eigenvalue weighted by Crippen LogP contribution is 2.66. The molecule has 2 N–H and O–H groups in total. The first-order chi connectivity index (χ1) is 16.4. The van der Waals surface area contributed by atoms with Crippen molar-refractivity contribution in [2.24, 2.45) is 0 Å². The number of rotatable bonds is 12. The summed E-state index contributed by atoms with van der Waals surface area (Å²) in [4.78, 5) is 17.8. The average Bonchev–Trinajstić information content (AvgIpc) is 2.72. The molecule has 0 radical (unpaired) electrons. The molecule has 0 amide bonds. The van der Waals surface area contributed by atoms with Crippen LogP contribution in [-0.4, -0.2) is 31.4 Å². The molecule has 0 saturated heterocycles. The van der Waals surface area contributed by atoms with Crippen LogP contribution in [0.3, 0.4) is 0 Å². The summed E-state index contributed by atoms with van der Waals surface area (Å²) < 4.78 is 115. The molecule has 16 heteroatoms. The van der Waals surface area contributed by atoms with Crippen LogP contribution in [0.1, 0.15) is 36.1 Å². The van der Waals surface area contributed by atoms with Crippen molar-refractivity contribution in [1.29, 1.82) is 0 Å². The van der Waals surface area contributed by atoms with Crippen molar-refractivity contribution in [2.45, 2.75) is 36.7 Å². The van der Waals surface area contributed by atoms with Gasteiger partial charge >= 0.3 is 26.5 Å². The second-order valence-corrected chi connectivity index (χ2v) is 14.1. The Labute approximate surface area is 213 Å². The normalized spacial score (nSPS) is 13.7. The molecule has 0 atom stereocenters. The van der Waals surface area contributed by atoms with Gasteiger partial charge in [-0.1, -0.05) is 52.3 Å². The number of alkyl halides is 4. The van der Waals surface area contributed by atoms with Gasteiger partial charge in [0.05, 0.1) is 24.7 Å². The van der Waals surface area contributed by atoms with Crippen LogP contribution in [0.25, 0.3) is 0 Å². The molecule has 0 bridgehead atoms. The maximum atomic E-state index is 14.8. The molecule has 2 aromatic carbocycles. The highest BCUT2D eigenvalue weighted by atomic mass is 79.9. The van der Waals surface area contributed by atoms with E-state index >= 15 is 0 Å². The van der Waals surface area contributed by atoms with Gasteiger partial charge in [-0.2, -0.15) is 17.6 Å². The van der Waals surface area contributed by atoms with Crippen molar-refractivity contribution in [3.05, 3.63) is 69.2 Å². The molecule has 36 heavy (non-hydrogen) atoms. The van der Waals surface area contributed by atoms with E-state index in [9.17, 15) is 35.1 Å². The van der Waals surface area contributed by atoms with Crippen LogP contribution < -0.4 is 0 Å². The summed E-state index contributed by atoms with van der Waals surface area (Å²) in [7, 11) is -14.6. The minimum atomic E-state index is -5.82. The fourth-order valence-electron chi connectivity index (χ4n) is 3.11. The quantitative estimate of drug-likeness (QED) is 0.210. The Morgan fingerprint density at radius 3 is 1.78 bits per heavy atom. The van der Waals surface area contributed by atoms with Crippen LogP contribution in [0, 0.1) is 0 Å². The Kier molecular flexibility index (Phi) is 9.79. The summed E-state index contributed by atoms with van der Waals surface area (Å²) in [5.41, 5.74) is -10.0.